The van der Waals surface area contributed by atoms with Crippen LogP contribution in [0, 0.1) is 0 Å². The van der Waals surface area contributed by atoms with Gasteiger partial charge in [0, 0.05) is 24.2 Å². The molecule has 2 aromatic rings. The minimum atomic E-state index is -0.367. The number of ether oxygens (including phenoxy) is 1. The first kappa shape index (κ1) is 19.8. The normalized spacial score (nSPS) is 9.75. The van der Waals surface area contributed by atoms with Crippen LogP contribution < -0.4 is 26.9 Å². The lowest BCUT2D eigenvalue weighted by Crippen LogP contribution is -3.00. The number of anilines is 1. The lowest BCUT2D eigenvalue weighted by atomic mass is 10.2. The van der Waals surface area contributed by atoms with Crippen molar-refractivity contribution in [1.29, 1.82) is 0 Å². The van der Waals surface area contributed by atoms with Crippen molar-refractivity contribution in [2.75, 3.05) is 11.9 Å². The van der Waals surface area contributed by atoms with E-state index in [1.807, 2.05) is 17.0 Å². The maximum atomic E-state index is 12.2. The number of benzene rings is 1. The van der Waals surface area contributed by atoms with Crippen LogP contribution in [0.4, 0.5) is 5.69 Å². The standard InChI is InChI=1S/C18H20N2O3.BrH/c1-3-11-20-12-9-14(10-13-20)17(21)19-16-7-5-15(6-8-16)18(22)23-4-2;/h5-10,12-13H,3-4,11H2,1-2H3;1H. The number of carbonyl (C=O) groups is 2. The molecule has 0 saturated carbocycles. The smallest absolute Gasteiger partial charge is 0.338 e. The second-order valence-electron chi connectivity index (χ2n) is 5.08. The first-order valence-electron chi connectivity index (χ1n) is 7.71. The van der Waals surface area contributed by atoms with Crippen LogP contribution in [0.5, 0.6) is 0 Å². The van der Waals surface area contributed by atoms with E-state index in [1.54, 1.807) is 43.3 Å². The van der Waals surface area contributed by atoms with Crippen LogP contribution in [0.25, 0.3) is 0 Å². The van der Waals surface area contributed by atoms with E-state index in [1.165, 1.54) is 0 Å². The molecular formula is C18H21BrN2O3. The summed E-state index contributed by atoms with van der Waals surface area (Å²) in [6.07, 6.45) is 4.83. The summed E-state index contributed by atoms with van der Waals surface area (Å²) in [7, 11) is 0. The number of nitrogens with zero attached hydrogens (tertiary/aromatic N) is 1. The number of hydrogen-bond donors (Lipinski definition) is 1. The minimum absolute atomic E-state index is 0. The first-order chi connectivity index (χ1) is 11.1. The topological polar surface area (TPSA) is 59.3 Å². The third kappa shape index (κ3) is 5.45. The maximum absolute atomic E-state index is 12.2. The van der Waals surface area contributed by atoms with Gasteiger partial charge in [0.2, 0.25) is 0 Å². The van der Waals surface area contributed by atoms with Crippen molar-refractivity contribution in [2.24, 2.45) is 0 Å². The van der Waals surface area contributed by atoms with E-state index in [0.29, 0.717) is 23.4 Å². The number of amides is 1. The zero-order chi connectivity index (χ0) is 16.7. The van der Waals surface area contributed by atoms with Gasteiger partial charge >= 0.3 is 5.97 Å². The van der Waals surface area contributed by atoms with Crippen molar-refractivity contribution in [3.63, 3.8) is 0 Å². The Kier molecular flexibility index (Phi) is 8.12. The van der Waals surface area contributed by atoms with E-state index in [4.69, 9.17) is 4.74 Å². The summed E-state index contributed by atoms with van der Waals surface area (Å²) in [5.41, 5.74) is 1.69. The molecule has 0 aliphatic rings. The molecule has 5 nitrogen and oxygen atoms in total. The van der Waals surface area contributed by atoms with Crippen LogP contribution in [-0.4, -0.2) is 18.5 Å². The molecule has 0 radical (unpaired) electrons. The number of rotatable bonds is 6. The summed E-state index contributed by atoms with van der Waals surface area (Å²) in [4.78, 5) is 23.8. The average Bonchev–Trinajstić information content (AvgIpc) is 2.56. The SMILES string of the molecule is CCC[n+]1ccc(C(=O)Nc2ccc(C(=O)OCC)cc2)cc1.[Br-]. The number of pyridine rings is 1. The van der Waals surface area contributed by atoms with Gasteiger partial charge in [0.25, 0.3) is 5.91 Å². The highest BCUT2D eigenvalue weighted by Gasteiger charge is 2.10. The molecule has 6 heteroatoms. The van der Waals surface area contributed by atoms with Gasteiger partial charge in [0.15, 0.2) is 12.4 Å². The molecule has 0 unspecified atom stereocenters. The van der Waals surface area contributed by atoms with Gasteiger partial charge in [-0.2, -0.15) is 0 Å². The molecule has 0 saturated heterocycles. The Labute approximate surface area is 152 Å². The molecule has 0 bridgehead atoms. The van der Waals surface area contributed by atoms with E-state index < -0.39 is 0 Å². The Hall–Kier alpha value is -2.21. The number of hydrogen-bond acceptors (Lipinski definition) is 3. The fourth-order valence-corrected chi connectivity index (χ4v) is 2.12. The molecule has 0 fully saturated rings. The minimum Gasteiger partial charge on any atom is -1.00 e. The molecule has 1 heterocycles. The van der Waals surface area contributed by atoms with Crippen molar-refractivity contribution in [3.05, 3.63) is 59.9 Å². The molecule has 1 aromatic heterocycles. The molecule has 0 aliphatic carbocycles. The highest BCUT2D eigenvalue weighted by Crippen LogP contribution is 2.12. The Bertz CT molecular complexity index is 670. The molecule has 0 spiro atoms. The fraction of sp³-hybridized carbons (Fsp3) is 0.278. The molecule has 1 amide bonds. The van der Waals surface area contributed by atoms with E-state index in [0.717, 1.165) is 13.0 Å². The summed E-state index contributed by atoms with van der Waals surface area (Å²) >= 11 is 0. The van der Waals surface area contributed by atoms with Crippen LogP contribution in [0.2, 0.25) is 0 Å². The zero-order valence-corrected chi connectivity index (χ0v) is 15.4. The number of aromatic nitrogens is 1. The number of halogens is 1. The average molecular weight is 393 g/mol. The summed E-state index contributed by atoms with van der Waals surface area (Å²) in [5.74, 6) is -0.550. The van der Waals surface area contributed by atoms with E-state index >= 15 is 0 Å². The number of nitrogens with one attached hydrogen (secondary N) is 1. The number of aryl methyl sites for hydroxylation is 1. The van der Waals surface area contributed by atoms with Crippen LogP contribution in [0.1, 0.15) is 41.0 Å². The summed E-state index contributed by atoms with van der Waals surface area (Å²) in [5, 5.41) is 2.81. The van der Waals surface area contributed by atoms with Gasteiger partial charge in [-0.05, 0) is 31.2 Å². The molecule has 0 aliphatic heterocycles. The second kappa shape index (κ2) is 9.82. The van der Waals surface area contributed by atoms with E-state index in [-0.39, 0.29) is 28.9 Å². The van der Waals surface area contributed by atoms with Gasteiger partial charge in [-0.3, -0.25) is 4.79 Å². The zero-order valence-electron chi connectivity index (χ0n) is 13.8. The van der Waals surface area contributed by atoms with Crippen molar-refractivity contribution in [3.8, 4) is 0 Å². The Morgan fingerprint density at radius 3 is 2.17 bits per heavy atom. The molecule has 0 atom stereocenters. The van der Waals surface area contributed by atoms with Crippen LogP contribution >= 0.6 is 0 Å². The lowest BCUT2D eigenvalue weighted by Gasteiger charge is -2.06. The van der Waals surface area contributed by atoms with E-state index in [2.05, 4.69) is 12.2 Å². The largest absolute Gasteiger partial charge is 1.00 e. The first-order valence-corrected chi connectivity index (χ1v) is 7.71. The van der Waals surface area contributed by atoms with Crippen molar-refractivity contribution < 1.29 is 35.9 Å². The van der Waals surface area contributed by atoms with Gasteiger partial charge in [-0.15, -0.1) is 0 Å². The Balaban J connectivity index is 0.00000288. The number of carbonyl (C=O) groups excluding carboxylic acids is 2. The molecule has 1 aromatic carbocycles. The Morgan fingerprint density at radius 2 is 1.62 bits per heavy atom. The van der Waals surface area contributed by atoms with Crippen LogP contribution in [0.15, 0.2) is 48.8 Å². The molecule has 24 heavy (non-hydrogen) atoms. The summed E-state index contributed by atoms with van der Waals surface area (Å²) in [6.45, 7) is 5.13. The molecule has 1 N–H and O–H groups in total. The molecule has 128 valence electrons. The fourth-order valence-electron chi connectivity index (χ4n) is 2.12. The highest BCUT2D eigenvalue weighted by molar-refractivity contribution is 6.04. The van der Waals surface area contributed by atoms with Crippen LogP contribution in [-0.2, 0) is 11.3 Å². The van der Waals surface area contributed by atoms with E-state index in [9.17, 15) is 9.59 Å². The quantitative estimate of drug-likeness (QED) is 0.547. The summed E-state index contributed by atoms with van der Waals surface area (Å²) < 4.78 is 6.95. The lowest BCUT2D eigenvalue weighted by molar-refractivity contribution is -0.697. The predicted octanol–water partition coefficient (Wildman–Crippen LogP) is -0.183. The van der Waals surface area contributed by atoms with Crippen LogP contribution in [0.3, 0.4) is 0 Å². The van der Waals surface area contributed by atoms with Gasteiger partial charge in [0.05, 0.1) is 17.7 Å². The monoisotopic (exact) mass is 392 g/mol. The van der Waals surface area contributed by atoms with Crippen molar-refractivity contribution in [1.82, 2.24) is 0 Å². The maximum Gasteiger partial charge on any atom is 0.338 e. The third-order valence-corrected chi connectivity index (χ3v) is 3.29. The second-order valence-corrected chi connectivity index (χ2v) is 5.08. The number of esters is 1. The van der Waals surface area contributed by atoms with Crippen molar-refractivity contribution >= 4 is 17.6 Å². The highest BCUT2D eigenvalue weighted by atomic mass is 79.9. The van der Waals surface area contributed by atoms with Gasteiger partial charge in [-0.25, -0.2) is 9.36 Å². The Morgan fingerprint density at radius 1 is 1.00 bits per heavy atom. The molecular weight excluding hydrogens is 372 g/mol. The van der Waals surface area contributed by atoms with Crippen molar-refractivity contribution in [2.45, 2.75) is 26.8 Å². The van der Waals surface area contributed by atoms with Gasteiger partial charge in [-0.1, -0.05) is 6.92 Å². The summed E-state index contributed by atoms with van der Waals surface area (Å²) in [6, 6.07) is 10.2. The van der Waals surface area contributed by atoms with Gasteiger partial charge in [0.1, 0.15) is 6.54 Å². The van der Waals surface area contributed by atoms with Gasteiger partial charge < -0.3 is 27.0 Å². The predicted molar refractivity (Wildman–Crippen MR) is 87.3 cm³/mol. The third-order valence-electron chi connectivity index (χ3n) is 3.29. The molecule has 2 rings (SSSR count).